The van der Waals surface area contributed by atoms with Gasteiger partial charge in [-0.25, -0.2) is 4.68 Å². The summed E-state index contributed by atoms with van der Waals surface area (Å²) in [6, 6.07) is 20.5. The number of rotatable bonds is 5. The van der Waals surface area contributed by atoms with E-state index in [2.05, 4.69) is 16.0 Å². The number of benzene rings is 2. The van der Waals surface area contributed by atoms with Gasteiger partial charge in [-0.3, -0.25) is 20.4 Å². The van der Waals surface area contributed by atoms with E-state index in [-0.39, 0.29) is 23.8 Å². The first kappa shape index (κ1) is 19.0. The highest BCUT2D eigenvalue weighted by Gasteiger charge is 2.17. The Hall–Kier alpha value is -4.33. The number of para-hydroxylation sites is 1. The Balaban J connectivity index is 1.34. The Bertz CT molecular complexity index is 1150. The zero-order valence-electron chi connectivity index (χ0n) is 15.9. The average molecular weight is 401 g/mol. The van der Waals surface area contributed by atoms with Crippen molar-refractivity contribution in [1.82, 2.24) is 25.2 Å². The van der Waals surface area contributed by atoms with E-state index >= 15 is 0 Å². The summed E-state index contributed by atoms with van der Waals surface area (Å²) in [5.74, 6) is -1.39. The molecule has 0 spiro atoms. The molecule has 0 radical (unpaired) electrons. The smallest absolute Gasteiger partial charge is 0.294 e. The molecule has 0 saturated carbocycles. The molecule has 0 unspecified atom stereocenters. The van der Waals surface area contributed by atoms with Crippen molar-refractivity contribution in [3.05, 3.63) is 96.6 Å². The van der Waals surface area contributed by atoms with Gasteiger partial charge in [-0.1, -0.05) is 30.3 Å². The van der Waals surface area contributed by atoms with E-state index in [4.69, 9.17) is 0 Å². The maximum Gasteiger partial charge on any atom is 0.294 e. The summed E-state index contributed by atoms with van der Waals surface area (Å²) in [7, 11) is 0. The van der Waals surface area contributed by atoms with Crippen LogP contribution in [0.2, 0.25) is 0 Å². The molecule has 0 aliphatic heterocycles. The number of hydrogen-bond acceptors (Lipinski definition) is 4. The van der Waals surface area contributed by atoms with Gasteiger partial charge in [0.15, 0.2) is 11.4 Å². The van der Waals surface area contributed by atoms with Gasteiger partial charge in [0.2, 0.25) is 5.91 Å². The topological polar surface area (TPSA) is 101 Å². The second-order valence-corrected chi connectivity index (χ2v) is 6.58. The van der Waals surface area contributed by atoms with Crippen LogP contribution < -0.4 is 10.9 Å². The van der Waals surface area contributed by atoms with Crippen LogP contribution >= 0.6 is 0 Å². The maximum atomic E-state index is 12.3. The molecule has 0 aliphatic rings. The molecule has 2 aromatic carbocycles. The Morgan fingerprint density at radius 2 is 1.57 bits per heavy atom. The first-order chi connectivity index (χ1) is 14.6. The molecule has 2 aromatic heterocycles. The lowest BCUT2D eigenvalue weighted by Crippen LogP contribution is -2.42. The Morgan fingerprint density at radius 1 is 0.867 bits per heavy atom. The van der Waals surface area contributed by atoms with Gasteiger partial charge in [0.1, 0.15) is 0 Å². The molecule has 4 aromatic rings. The van der Waals surface area contributed by atoms with E-state index < -0.39 is 5.91 Å². The van der Waals surface area contributed by atoms with E-state index in [9.17, 15) is 14.7 Å². The molecule has 0 saturated heterocycles. The molecule has 0 bridgehead atoms. The largest absolute Gasteiger partial charge is 0.504 e. The maximum absolute atomic E-state index is 12.3. The summed E-state index contributed by atoms with van der Waals surface area (Å²) >= 11 is 0. The molecule has 8 heteroatoms. The first-order valence-electron chi connectivity index (χ1n) is 9.26. The number of nitrogens with one attached hydrogen (secondary N) is 2. The number of nitrogens with zero attached hydrogens (tertiary/aromatic N) is 3. The Kier molecular flexibility index (Phi) is 5.29. The highest BCUT2D eigenvalue weighted by molar-refractivity contribution is 5.96. The lowest BCUT2D eigenvalue weighted by molar-refractivity contribution is -0.121. The summed E-state index contributed by atoms with van der Waals surface area (Å²) in [4.78, 5) is 24.4. The average Bonchev–Trinajstić information content (AvgIpc) is 3.43. The summed E-state index contributed by atoms with van der Waals surface area (Å²) < 4.78 is 3.35. The van der Waals surface area contributed by atoms with Crippen molar-refractivity contribution in [1.29, 1.82) is 0 Å². The molecule has 2 heterocycles. The third kappa shape index (κ3) is 4.22. The standard InChI is InChI=1S/C22H19N5O3/c28-19-15-27(18-6-2-1-3-7-18)25-21(19)22(30)24-23-20(29)14-16-8-10-17(11-9-16)26-12-4-5-13-26/h1-13,15,28H,14H2,(H,23,29)(H,24,30). The van der Waals surface area contributed by atoms with Gasteiger partial charge >= 0.3 is 0 Å². The lowest BCUT2D eigenvalue weighted by Gasteiger charge is -2.08. The monoisotopic (exact) mass is 401 g/mol. The first-order valence-corrected chi connectivity index (χ1v) is 9.26. The second kappa shape index (κ2) is 8.36. The third-order valence-corrected chi connectivity index (χ3v) is 4.45. The van der Waals surface area contributed by atoms with Crippen molar-refractivity contribution in [3.8, 4) is 17.1 Å². The fourth-order valence-corrected chi connectivity index (χ4v) is 2.95. The Morgan fingerprint density at radius 3 is 2.27 bits per heavy atom. The van der Waals surface area contributed by atoms with Crippen molar-refractivity contribution >= 4 is 11.8 Å². The molecule has 150 valence electrons. The molecule has 2 amide bonds. The number of carbonyl (C=O) groups excluding carboxylic acids is 2. The lowest BCUT2D eigenvalue weighted by atomic mass is 10.1. The van der Waals surface area contributed by atoms with Crippen LogP contribution in [0, 0.1) is 0 Å². The van der Waals surface area contributed by atoms with Gasteiger partial charge in [-0.2, -0.15) is 5.10 Å². The zero-order valence-corrected chi connectivity index (χ0v) is 15.9. The summed E-state index contributed by atoms with van der Waals surface area (Å²) in [5, 5.41) is 14.1. The molecule has 8 nitrogen and oxygen atoms in total. The summed E-state index contributed by atoms with van der Waals surface area (Å²) in [5.41, 5.74) is 6.92. The zero-order chi connectivity index (χ0) is 20.9. The Labute approximate surface area is 172 Å². The normalized spacial score (nSPS) is 10.5. The molecular formula is C22H19N5O3. The fourth-order valence-electron chi connectivity index (χ4n) is 2.95. The van der Waals surface area contributed by atoms with Crippen molar-refractivity contribution in [2.24, 2.45) is 0 Å². The molecular weight excluding hydrogens is 382 g/mol. The predicted octanol–water partition coefficient (Wildman–Crippen LogP) is 2.37. The molecule has 3 N–H and O–H groups in total. The van der Waals surface area contributed by atoms with Crippen molar-refractivity contribution in [3.63, 3.8) is 0 Å². The van der Waals surface area contributed by atoms with Crippen molar-refractivity contribution < 1.29 is 14.7 Å². The molecule has 0 aliphatic carbocycles. The van der Waals surface area contributed by atoms with Gasteiger partial charge in [-0.05, 0) is 42.0 Å². The van der Waals surface area contributed by atoms with Gasteiger partial charge in [0.25, 0.3) is 5.91 Å². The number of carbonyl (C=O) groups is 2. The van der Waals surface area contributed by atoms with Crippen molar-refractivity contribution in [2.75, 3.05) is 0 Å². The SMILES string of the molecule is O=C(Cc1ccc(-n2cccc2)cc1)NNC(=O)c1nn(-c2ccccc2)cc1O. The van der Waals surface area contributed by atoms with Gasteiger partial charge in [0, 0.05) is 18.1 Å². The van der Waals surface area contributed by atoms with Gasteiger partial charge < -0.3 is 9.67 Å². The number of hydrogen-bond donors (Lipinski definition) is 3. The highest BCUT2D eigenvalue weighted by atomic mass is 16.3. The van der Waals surface area contributed by atoms with E-state index in [1.807, 2.05) is 71.6 Å². The van der Waals surface area contributed by atoms with E-state index in [0.29, 0.717) is 5.69 Å². The number of aromatic hydroxyl groups is 1. The third-order valence-electron chi connectivity index (χ3n) is 4.45. The van der Waals surface area contributed by atoms with E-state index in [1.165, 1.54) is 10.9 Å². The van der Waals surface area contributed by atoms with Gasteiger partial charge in [0.05, 0.1) is 18.3 Å². The number of amides is 2. The highest BCUT2D eigenvalue weighted by Crippen LogP contribution is 2.17. The van der Waals surface area contributed by atoms with Crippen LogP contribution in [-0.4, -0.2) is 31.3 Å². The van der Waals surface area contributed by atoms with E-state index in [1.54, 1.807) is 12.1 Å². The second-order valence-electron chi connectivity index (χ2n) is 6.58. The van der Waals surface area contributed by atoms with E-state index in [0.717, 1.165) is 11.3 Å². The van der Waals surface area contributed by atoms with Crippen LogP contribution in [0.1, 0.15) is 16.1 Å². The summed E-state index contributed by atoms with van der Waals surface area (Å²) in [6.07, 6.45) is 5.30. The minimum Gasteiger partial charge on any atom is -0.504 e. The minimum absolute atomic E-state index is 0.0939. The number of hydrazine groups is 1. The van der Waals surface area contributed by atoms with Crippen LogP contribution in [0.4, 0.5) is 0 Å². The van der Waals surface area contributed by atoms with Crippen LogP contribution in [-0.2, 0) is 11.2 Å². The van der Waals surface area contributed by atoms with Crippen LogP contribution in [0.3, 0.4) is 0 Å². The molecule has 30 heavy (non-hydrogen) atoms. The van der Waals surface area contributed by atoms with Crippen LogP contribution in [0.5, 0.6) is 5.75 Å². The number of aromatic nitrogens is 3. The summed E-state index contributed by atoms with van der Waals surface area (Å²) in [6.45, 7) is 0. The fraction of sp³-hybridized carbons (Fsp3) is 0.0455. The quantitative estimate of drug-likeness (QED) is 0.447. The molecule has 0 fully saturated rings. The van der Waals surface area contributed by atoms with Crippen LogP contribution in [0.15, 0.2) is 85.3 Å². The minimum atomic E-state index is -0.710. The van der Waals surface area contributed by atoms with Gasteiger partial charge in [-0.15, -0.1) is 0 Å². The molecule has 4 rings (SSSR count). The van der Waals surface area contributed by atoms with Crippen LogP contribution in [0.25, 0.3) is 11.4 Å². The molecule has 0 atom stereocenters. The predicted molar refractivity (Wildman–Crippen MR) is 110 cm³/mol. The van der Waals surface area contributed by atoms with Crippen molar-refractivity contribution in [2.45, 2.75) is 6.42 Å².